The van der Waals surface area contributed by atoms with Gasteiger partial charge in [-0.05, 0) is 142 Å². The van der Waals surface area contributed by atoms with E-state index >= 15 is 9.59 Å². The number of aromatic nitrogens is 4. The molecule has 2 saturated heterocycles. The van der Waals surface area contributed by atoms with E-state index in [2.05, 4.69) is 0 Å². The minimum atomic E-state index is -1.57. The van der Waals surface area contributed by atoms with Crippen molar-refractivity contribution in [1.29, 1.82) is 0 Å². The van der Waals surface area contributed by atoms with Crippen molar-refractivity contribution in [3.05, 3.63) is 262 Å². The first kappa shape index (κ1) is 73.0. The van der Waals surface area contributed by atoms with Crippen LogP contribution in [0.5, 0.6) is 46.0 Å². The van der Waals surface area contributed by atoms with Crippen molar-refractivity contribution in [1.82, 2.24) is 39.5 Å². The first-order chi connectivity index (χ1) is 56.3. The van der Waals surface area contributed by atoms with Crippen molar-refractivity contribution in [3.8, 4) is 90.5 Å². The van der Waals surface area contributed by atoms with Crippen LogP contribution in [0, 0.1) is 0 Å². The summed E-state index contributed by atoms with van der Waals surface area (Å²) in [7, 11) is 0. The molecule has 0 spiro atoms. The largest absolute Gasteiger partial charge is 2.00 e. The minimum Gasteiger partial charge on any atom is -0.657 e. The number of urea groups is 2. The molecule has 0 unspecified atom stereocenters. The zero-order valence-corrected chi connectivity index (χ0v) is 66.0. The molecule has 21 rings (SSSR count). The fourth-order valence-corrected chi connectivity index (χ4v) is 17.5. The minimum absolute atomic E-state index is 0. The van der Waals surface area contributed by atoms with Crippen LogP contribution in [0.3, 0.4) is 0 Å². The Labute approximate surface area is 676 Å². The van der Waals surface area contributed by atoms with Crippen LogP contribution in [0.2, 0.25) is 0 Å². The van der Waals surface area contributed by atoms with Crippen LogP contribution in [0.1, 0.15) is 56.2 Å². The molecule has 0 N–H and O–H groups in total. The third-order valence-corrected chi connectivity index (χ3v) is 22.3. The fraction of sp³-hybridized carbons (Fsp3) is 0.239. The second kappa shape index (κ2) is 31.3. The second-order valence-electron chi connectivity index (χ2n) is 28.7. The molecule has 13 heterocycles. The summed E-state index contributed by atoms with van der Waals surface area (Å²) in [5, 5.41) is 0. The van der Waals surface area contributed by atoms with Gasteiger partial charge in [-0.15, -0.1) is 22.1 Å². The number of ether oxygens (including phenoxy) is 12. The number of amides is 4. The van der Waals surface area contributed by atoms with Gasteiger partial charge in [-0.25, -0.2) is 19.6 Å². The Morgan fingerprint density at radius 2 is 0.530 bits per heavy atom. The maximum atomic E-state index is 17.0. The molecule has 10 aliphatic rings. The van der Waals surface area contributed by atoms with Crippen LogP contribution < -0.4 is 47.9 Å². The average Bonchev–Trinajstić information content (AvgIpc) is 1.47. The number of hydrogen-bond acceptors (Lipinski definition) is 16. The standard InChI is InChI=1S/C92H78N8O14.Zn/c101-89-97-55-69-70-56-98-90(102)100-58-72-71(57-99(89)92(100,64-17-5-2-6-18-64)91(97,98)63-15-3-1-4-16-63)83-33-34-84(72)114-50-42-106-38-46-110-68-22-10-14-62(54-68)88-76-26-25-75(94-76)87(61-13-9-21-67(53-61)109-45-37-105-41-49-113-83)79-29-27-77(95-79)85-59-11-7-19-65(51-59)107-43-35-103-39-47-111-81(69)31-32-82(70)112-48-40-104-36-44-108-66-20-8-12-60(52-66)86(74-24-23-73(85)93-74)78-28-30-80(88)96-78;/h1-34,51-54H,35-50,55-58H2;/q-2;+2. The molecule has 0 atom stereocenters. The summed E-state index contributed by atoms with van der Waals surface area (Å²) in [4.78, 5) is 63.8. The molecule has 0 saturated carbocycles. The third kappa shape index (κ3) is 13.0. The molecule has 3 aromatic heterocycles. The second-order valence-corrected chi connectivity index (χ2v) is 28.7. The third-order valence-electron chi connectivity index (χ3n) is 22.3. The van der Waals surface area contributed by atoms with Crippen LogP contribution in [0.25, 0.3) is 90.9 Å². The first-order valence-electron chi connectivity index (χ1n) is 38.7. The van der Waals surface area contributed by atoms with Gasteiger partial charge in [0.1, 0.15) is 98.9 Å². The number of nitrogens with zero attached hydrogens (tertiary/aromatic N) is 8. The molecule has 115 heavy (non-hydrogen) atoms. The number of fused-ring (bicyclic) bond motifs is 30. The average molecular weight is 1590 g/mol. The van der Waals surface area contributed by atoms with Gasteiger partial charge in [-0.3, -0.25) is 19.6 Å². The summed E-state index contributed by atoms with van der Waals surface area (Å²) in [5.74, 6) is 4.42. The topological polar surface area (TPSA) is 212 Å². The van der Waals surface area contributed by atoms with Gasteiger partial charge in [0.15, 0.2) is 11.3 Å². The maximum absolute atomic E-state index is 17.0. The predicted molar refractivity (Wildman–Crippen MR) is 428 cm³/mol. The predicted octanol–water partition coefficient (Wildman–Crippen LogP) is 15.3. The number of hydrogen-bond donors (Lipinski definition) is 0. The zero-order chi connectivity index (χ0) is 76.1. The SMILES string of the molecule is O=C1N2Cc3c4ccc5c3CN3C(=O)N6Cc7c8ccc(c7CN1C6(c1ccccc1)C23c1ccccc1)OCCOCCOc1cccc(c1)-c1c2nc(c(c3ccc([n-]3)c(c3nc(c(c6ccc1[n-]6)-c1cccc(c1)OCCOCCO8)C=C3)-c1cccc(c1)OCCOCCO5)-c1cccc(c1)OCCOCCO4)C=C2.[Zn+2]. The molecule has 24 bridgehead atoms. The summed E-state index contributed by atoms with van der Waals surface area (Å²) in [6.07, 6.45) is 8.15. The van der Waals surface area contributed by atoms with Crippen molar-refractivity contribution in [2.45, 2.75) is 37.5 Å². The van der Waals surface area contributed by atoms with Crippen molar-refractivity contribution >= 4 is 58.4 Å². The van der Waals surface area contributed by atoms with E-state index in [0.717, 1.165) is 44.5 Å². The van der Waals surface area contributed by atoms with E-state index in [1.54, 1.807) is 0 Å². The molecular weight excluding hydrogens is 1510 g/mol. The molecule has 10 aliphatic heterocycles. The normalized spacial score (nSPS) is 19.3. The van der Waals surface area contributed by atoms with Crippen LogP contribution >= 0.6 is 0 Å². The van der Waals surface area contributed by atoms with E-state index in [1.165, 1.54) is 0 Å². The van der Waals surface area contributed by atoms with Gasteiger partial charge in [-0.2, -0.15) is 0 Å². The van der Waals surface area contributed by atoms with Crippen LogP contribution in [0.15, 0.2) is 206 Å². The Morgan fingerprint density at radius 3 is 0.791 bits per heavy atom. The van der Waals surface area contributed by atoms with E-state index in [4.69, 9.17) is 76.8 Å². The Hall–Kier alpha value is -12.2. The fourth-order valence-electron chi connectivity index (χ4n) is 17.5. The zero-order valence-electron chi connectivity index (χ0n) is 63.1. The summed E-state index contributed by atoms with van der Waals surface area (Å²) in [6.45, 7) is 2.95. The Kier molecular flexibility index (Phi) is 19.8. The summed E-state index contributed by atoms with van der Waals surface area (Å²) in [6, 6.07) is 66.7. The maximum Gasteiger partial charge on any atom is 2.00 e. The smallest absolute Gasteiger partial charge is 0.657 e. The van der Waals surface area contributed by atoms with E-state index in [0.29, 0.717) is 124 Å². The van der Waals surface area contributed by atoms with Crippen molar-refractivity contribution < 1.29 is 85.9 Å². The van der Waals surface area contributed by atoms with Gasteiger partial charge in [0, 0.05) is 33.4 Å². The molecule has 572 valence electrons. The van der Waals surface area contributed by atoms with Gasteiger partial charge >= 0.3 is 31.5 Å². The van der Waals surface area contributed by atoms with Gasteiger partial charge in [0.2, 0.25) is 0 Å². The number of rotatable bonds is 2. The quantitative estimate of drug-likeness (QED) is 0.116. The molecule has 23 heteroatoms. The number of benzene rings is 8. The molecule has 4 amide bonds. The van der Waals surface area contributed by atoms with Crippen LogP contribution in [0.4, 0.5) is 9.59 Å². The molecule has 11 aromatic rings. The van der Waals surface area contributed by atoms with E-state index in [9.17, 15) is 0 Å². The van der Waals surface area contributed by atoms with E-state index in [-0.39, 0.29) is 163 Å². The van der Waals surface area contributed by atoms with Gasteiger partial charge in [0.25, 0.3) is 0 Å². The van der Waals surface area contributed by atoms with Crippen LogP contribution in [-0.4, -0.2) is 147 Å². The van der Waals surface area contributed by atoms with Gasteiger partial charge in [-0.1, -0.05) is 133 Å². The van der Waals surface area contributed by atoms with E-state index in [1.807, 2.05) is 250 Å². The first-order valence-corrected chi connectivity index (χ1v) is 38.7. The monoisotopic (exact) mass is 1580 g/mol. The van der Waals surface area contributed by atoms with Crippen LogP contribution in [-0.2, 0) is 75.9 Å². The van der Waals surface area contributed by atoms with E-state index < -0.39 is 11.3 Å². The molecular formula is C92H78N8O14Zn. The molecule has 8 aromatic carbocycles. The number of carbonyl (C=O) groups excluding carboxylic acids is 2. The summed E-state index contributed by atoms with van der Waals surface area (Å²) < 4.78 is 79.2. The van der Waals surface area contributed by atoms with Gasteiger partial charge < -0.3 is 66.8 Å². The molecule has 0 aliphatic carbocycles. The Balaban J connectivity index is 0.00000884. The van der Waals surface area contributed by atoms with Crippen molar-refractivity contribution in [2.24, 2.45) is 0 Å². The number of carbonyl (C=O) groups is 2. The molecule has 0 radical (unpaired) electrons. The van der Waals surface area contributed by atoms with Crippen molar-refractivity contribution in [3.63, 3.8) is 0 Å². The molecule has 22 nitrogen and oxygen atoms in total. The summed E-state index contributed by atoms with van der Waals surface area (Å²) >= 11 is 0. The van der Waals surface area contributed by atoms with Crippen molar-refractivity contribution in [2.75, 3.05) is 106 Å². The Morgan fingerprint density at radius 1 is 0.278 bits per heavy atom. The summed E-state index contributed by atoms with van der Waals surface area (Å²) in [5.41, 5.74) is 12.6. The van der Waals surface area contributed by atoms with Gasteiger partial charge in [0.05, 0.1) is 102 Å². The molecule has 2 fully saturated rings. The Bertz CT molecular complexity index is 5190.